The van der Waals surface area contributed by atoms with Crippen LogP contribution < -0.4 is 9.47 Å². The fourth-order valence-electron chi connectivity index (χ4n) is 2.62. The van der Waals surface area contributed by atoms with E-state index in [4.69, 9.17) is 14.6 Å². The first kappa shape index (κ1) is 22.8. The van der Waals surface area contributed by atoms with Crippen LogP contribution in [-0.2, 0) is 4.79 Å². The first-order chi connectivity index (χ1) is 15.4. The molecule has 9 heteroatoms. The number of rotatable bonds is 9. The van der Waals surface area contributed by atoms with Gasteiger partial charge in [-0.3, -0.25) is 15.1 Å². The lowest BCUT2D eigenvalue weighted by molar-refractivity contribution is -0.384. The number of non-ortho nitro benzene ring substituents is 1. The van der Waals surface area contributed by atoms with Gasteiger partial charge >= 0.3 is 5.97 Å². The van der Waals surface area contributed by atoms with Gasteiger partial charge in [0.2, 0.25) is 0 Å². The molecule has 0 aliphatic rings. The third-order valence-electron chi connectivity index (χ3n) is 4.32. The third-order valence-corrected chi connectivity index (χ3v) is 5.34. The normalized spacial score (nSPS) is 11.8. The van der Waals surface area contributed by atoms with Gasteiger partial charge in [0.1, 0.15) is 0 Å². The molecule has 1 N–H and O–H groups in total. The van der Waals surface area contributed by atoms with Gasteiger partial charge in [-0.1, -0.05) is 11.8 Å². The van der Waals surface area contributed by atoms with Crippen molar-refractivity contribution in [2.24, 2.45) is 4.99 Å². The highest BCUT2D eigenvalue weighted by atomic mass is 32.2. The Labute approximate surface area is 188 Å². The SMILES string of the molecule is COc1cc(C=Nc2ccc(Sc3ccc([N+](=O)[O-])cc3)cc2)ccc1O[C@H](C)C(=O)O. The number of hydrogen-bond donors (Lipinski definition) is 1. The van der Waals surface area contributed by atoms with Gasteiger partial charge < -0.3 is 14.6 Å². The van der Waals surface area contributed by atoms with Gasteiger partial charge in [-0.05, 0) is 67.1 Å². The maximum Gasteiger partial charge on any atom is 0.344 e. The minimum atomic E-state index is -1.06. The molecule has 0 saturated carbocycles. The second-order valence-corrected chi connectivity index (χ2v) is 7.76. The van der Waals surface area contributed by atoms with Crippen molar-refractivity contribution in [3.05, 3.63) is 82.4 Å². The highest BCUT2D eigenvalue weighted by molar-refractivity contribution is 7.99. The Bertz CT molecular complexity index is 1130. The van der Waals surface area contributed by atoms with E-state index in [1.807, 2.05) is 24.3 Å². The molecule has 0 saturated heterocycles. The van der Waals surface area contributed by atoms with Crippen LogP contribution in [0.2, 0.25) is 0 Å². The number of carboxylic acids is 1. The van der Waals surface area contributed by atoms with Crippen molar-refractivity contribution < 1.29 is 24.3 Å². The number of nitro benzene ring substituents is 1. The Balaban J connectivity index is 1.66. The predicted molar refractivity (Wildman–Crippen MR) is 122 cm³/mol. The first-order valence-electron chi connectivity index (χ1n) is 9.49. The van der Waals surface area contributed by atoms with E-state index in [1.54, 1.807) is 36.5 Å². The lowest BCUT2D eigenvalue weighted by Gasteiger charge is -2.14. The fourth-order valence-corrected chi connectivity index (χ4v) is 3.44. The second kappa shape index (κ2) is 10.5. The first-order valence-corrected chi connectivity index (χ1v) is 10.3. The van der Waals surface area contributed by atoms with Crippen LogP contribution in [0.5, 0.6) is 11.5 Å². The molecule has 3 aromatic rings. The van der Waals surface area contributed by atoms with E-state index in [1.165, 1.54) is 37.9 Å². The van der Waals surface area contributed by atoms with Crippen molar-refractivity contribution in [1.82, 2.24) is 0 Å². The van der Waals surface area contributed by atoms with Gasteiger partial charge in [-0.25, -0.2) is 4.79 Å². The molecule has 0 aliphatic carbocycles. The number of benzene rings is 3. The van der Waals surface area contributed by atoms with Crippen molar-refractivity contribution in [2.45, 2.75) is 22.8 Å². The summed E-state index contributed by atoms with van der Waals surface area (Å²) in [5.41, 5.74) is 1.57. The molecule has 0 aromatic heterocycles. The van der Waals surface area contributed by atoms with Crippen molar-refractivity contribution in [1.29, 1.82) is 0 Å². The molecule has 1 atom stereocenters. The van der Waals surface area contributed by atoms with E-state index in [0.29, 0.717) is 11.5 Å². The molecule has 0 radical (unpaired) electrons. The maximum atomic E-state index is 11.0. The Hall–Kier alpha value is -3.85. The summed E-state index contributed by atoms with van der Waals surface area (Å²) >= 11 is 1.50. The van der Waals surface area contributed by atoms with E-state index < -0.39 is 17.0 Å². The number of nitro groups is 1. The largest absolute Gasteiger partial charge is 0.493 e. The zero-order chi connectivity index (χ0) is 23.1. The van der Waals surface area contributed by atoms with E-state index in [2.05, 4.69) is 4.99 Å². The Morgan fingerprint density at radius 2 is 1.69 bits per heavy atom. The van der Waals surface area contributed by atoms with Crippen molar-refractivity contribution >= 4 is 35.3 Å². The van der Waals surface area contributed by atoms with Crippen LogP contribution >= 0.6 is 11.8 Å². The molecule has 0 bridgehead atoms. The molecule has 0 amide bonds. The molecular weight excluding hydrogens is 432 g/mol. The molecule has 164 valence electrons. The molecule has 0 spiro atoms. The number of methoxy groups -OCH3 is 1. The summed E-state index contributed by atoms with van der Waals surface area (Å²) in [5.74, 6) is -0.308. The molecule has 3 rings (SSSR count). The predicted octanol–water partition coefficient (Wildman–Crippen LogP) is 5.36. The minimum Gasteiger partial charge on any atom is -0.493 e. The van der Waals surface area contributed by atoms with E-state index in [-0.39, 0.29) is 5.69 Å². The van der Waals surface area contributed by atoms with Crippen LogP contribution in [0.4, 0.5) is 11.4 Å². The molecule has 32 heavy (non-hydrogen) atoms. The van der Waals surface area contributed by atoms with Gasteiger partial charge in [0, 0.05) is 28.1 Å². The van der Waals surface area contributed by atoms with Crippen LogP contribution in [0, 0.1) is 10.1 Å². The summed E-state index contributed by atoms with van der Waals surface area (Å²) in [6.07, 6.45) is 0.677. The monoisotopic (exact) mass is 452 g/mol. The standard InChI is InChI=1S/C23H20N2O6S/c1-15(23(26)27)31-21-12-3-16(13-22(21)30-2)14-24-17-4-8-19(9-5-17)32-20-10-6-18(7-11-20)25(28)29/h3-15H,1-2H3,(H,26,27)/t15-/m1/s1. The number of carboxylic acid groups (broad SMARTS) is 1. The third kappa shape index (κ3) is 6.08. The Morgan fingerprint density at radius 3 is 2.25 bits per heavy atom. The van der Waals surface area contributed by atoms with Gasteiger partial charge in [-0.15, -0.1) is 0 Å². The average molecular weight is 452 g/mol. The summed E-state index contributed by atoms with van der Waals surface area (Å²) in [5, 5.41) is 19.7. The zero-order valence-electron chi connectivity index (χ0n) is 17.3. The van der Waals surface area contributed by atoms with Crippen LogP contribution in [0.3, 0.4) is 0 Å². The summed E-state index contributed by atoms with van der Waals surface area (Å²) in [6, 6.07) is 19.1. The molecule has 0 aliphatic heterocycles. The van der Waals surface area contributed by atoms with E-state index in [9.17, 15) is 14.9 Å². The number of aliphatic imine (C=N–C) groups is 1. The number of aliphatic carboxylic acids is 1. The quantitative estimate of drug-likeness (QED) is 0.264. The molecule has 0 fully saturated rings. The number of carbonyl (C=O) groups is 1. The van der Waals surface area contributed by atoms with Crippen LogP contribution in [-0.4, -0.2) is 35.4 Å². The average Bonchev–Trinajstić information content (AvgIpc) is 2.79. The molecule has 8 nitrogen and oxygen atoms in total. The number of hydrogen-bond acceptors (Lipinski definition) is 7. The number of ether oxygens (including phenoxy) is 2. The van der Waals surface area contributed by atoms with Gasteiger partial charge in [-0.2, -0.15) is 0 Å². The highest BCUT2D eigenvalue weighted by Crippen LogP contribution is 2.31. The van der Waals surface area contributed by atoms with Crippen LogP contribution in [0.25, 0.3) is 0 Å². The Kier molecular flexibility index (Phi) is 7.45. The van der Waals surface area contributed by atoms with Crippen LogP contribution in [0.1, 0.15) is 12.5 Å². The second-order valence-electron chi connectivity index (χ2n) is 6.61. The highest BCUT2D eigenvalue weighted by Gasteiger charge is 2.15. The lowest BCUT2D eigenvalue weighted by Crippen LogP contribution is -2.23. The van der Waals surface area contributed by atoms with E-state index >= 15 is 0 Å². The minimum absolute atomic E-state index is 0.0617. The van der Waals surface area contributed by atoms with Crippen molar-refractivity contribution in [2.75, 3.05) is 7.11 Å². The lowest BCUT2D eigenvalue weighted by atomic mass is 10.2. The fraction of sp³-hybridized carbons (Fsp3) is 0.130. The smallest absolute Gasteiger partial charge is 0.344 e. The molecular formula is C23H20N2O6S. The number of nitrogens with zero attached hydrogens (tertiary/aromatic N) is 2. The van der Waals surface area contributed by atoms with Crippen molar-refractivity contribution in [3.63, 3.8) is 0 Å². The van der Waals surface area contributed by atoms with Crippen molar-refractivity contribution in [3.8, 4) is 11.5 Å². The van der Waals surface area contributed by atoms with Crippen LogP contribution in [0.15, 0.2) is 81.5 Å². The zero-order valence-corrected chi connectivity index (χ0v) is 18.1. The molecule has 3 aromatic carbocycles. The van der Waals surface area contributed by atoms with E-state index in [0.717, 1.165) is 21.0 Å². The van der Waals surface area contributed by atoms with Gasteiger partial charge in [0.25, 0.3) is 5.69 Å². The van der Waals surface area contributed by atoms with Gasteiger partial charge in [0.05, 0.1) is 17.7 Å². The molecule has 0 unspecified atom stereocenters. The summed E-state index contributed by atoms with van der Waals surface area (Å²) in [6.45, 7) is 1.45. The maximum absolute atomic E-state index is 11.0. The Morgan fingerprint density at radius 1 is 1.06 bits per heavy atom. The summed E-state index contributed by atoms with van der Waals surface area (Å²) in [4.78, 5) is 27.6. The summed E-state index contributed by atoms with van der Waals surface area (Å²) in [7, 11) is 1.48. The molecule has 0 heterocycles. The van der Waals surface area contributed by atoms with Gasteiger partial charge in [0.15, 0.2) is 17.6 Å². The summed E-state index contributed by atoms with van der Waals surface area (Å²) < 4.78 is 10.7. The topological polar surface area (TPSA) is 111 Å².